The van der Waals surface area contributed by atoms with Crippen LogP contribution in [0.25, 0.3) is 11.1 Å². The van der Waals surface area contributed by atoms with Gasteiger partial charge in [-0.05, 0) is 55.2 Å². The van der Waals surface area contributed by atoms with Crippen LogP contribution in [0.3, 0.4) is 0 Å². The zero-order valence-corrected chi connectivity index (χ0v) is 21.2. The van der Waals surface area contributed by atoms with Crippen LogP contribution in [0.2, 0.25) is 0 Å². The Morgan fingerprint density at radius 2 is 1.65 bits per heavy atom. The fourth-order valence-corrected chi connectivity index (χ4v) is 4.40. The maximum absolute atomic E-state index is 13.3. The maximum Gasteiger partial charge on any atom is 0.320 e. The number of amides is 3. The lowest BCUT2D eigenvalue weighted by Gasteiger charge is -2.26. The standard InChI is InChI=1S/C28H36N4O5/c1-29-26(34)22-9-5-6-18-30-25(33)17-16-24(28(36)37)31-23(27(35)32-22)15-12-19-10-13-21(14-11-19)20-7-3-2-4-8-20/h2-4,7-8,10-11,13-14,22-24,31H,5-6,9,12,15-18H2,1H3,(H,29,34)(H,30,33)(H,32,35)(H,36,37)/t22?,23?,24-/m1/s1. The van der Waals surface area contributed by atoms with E-state index in [9.17, 15) is 24.3 Å². The lowest BCUT2D eigenvalue weighted by atomic mass is 9.99. The van der Waals surface area contributed by atoms with Crippen LogP contribution in [0.15, 0.2) is 54.6 Å². The number of benzene rings is 2. The highest BCUT2D eigenvalue weighted by molar-refractivity contribution is 5.90. The molecule has 37 heavy (non-hydrogen) atoms. The zero-order valence-electron chi connectivity index (χ0n) is 21.2. The highest BCUT2D eigenvalue weighted by Crippen LogP contribution is 2.20. The largest absolute Gasteiger partial charge is 0.480 e. The van der Waals surface area contributed by atoms with Crippen molar-refractivity contribution in [3.05, 3.63) is 60.2 Å². The molecular formula is C28H36N4O5. The molecule has 1 aliphatic heterocycles. The molecule has 3 rings (SSSR count). The monoisotopic (exact) mass is 508 g/mol. The fraction of sp³-hybridized carbons (Fsp3) is 0.429. The Hall–Kier alpha value is -3.72. The van der Waals surface area contributed by atoms with Gasteiger partial charge in [0.25, 0.3) is 0 Å². The third-order valence-corrected chi connectivity index (χ3v) is 6.58. The van der Waals surface area contributed by atoms with E-state index >= 15 is 0 Å². The number of aryl methyl sites for hydroxylation is 1. The summed E-state index contributed by atoms with van der Waals surface area (Å²) in [6.45, 7) is 0.435. The molecule has 5 N–H and O–H groups in total. The molecule has 1 aliphatic rings. The van der Waals surface area contributed by atoms with Gasteiger partial charge in [-0.2, -0.15) is 0 Å². The molecule has 0 radical (unpaired) electrons. The average molecular weight is 509 g/mol. The minimum absolute atomic E-state index is 0.0418. The molecule has 198 valence electrons. The smallest absolute Gasteiger partial charge is 0.320 e. The molecule has 2 aromatic carbocycles. The molecule has 1 fully saturated rings. The van der Waals surface area contributed by atoms with Gasteiger partial charge in [-0.25, -0.2) is 0 Å². The summed E-state index contributed by atoms with van der Waals surface area (Å²) < 4.78 is 0. The van der Waals surface area contributed by atoms with Crippen molar-refractivity contribution in [3.8, 4) is 11.1 Å². The van der Waals surface area contributed by atoms with Crippen LogP contribution in [0, 0.1) is 0 Å². The maximum atomic E-state index is 13.3. The fourth-order valence-electron chi connectivity index (χ4n) is 4.40. The van der Waals surface area contributed by atoms with Crippen LogP contribution in [-0.4, -0.2) is 60.5 Å². The summed E-state index contributed by atoms with van der Waals surface area (Å²) in [4.78, 5) is 49.8. The highest BCUT2D eigenvalue weighted by Gasteiger charge is 2.29. The summed E-state index contributed by atoms with van der Waals surface area (Å²) in [5.41, 5.74) is 3.19. The first-order valence-electron chi connectivity index (χ1n) is 12.8. The predicted molar refractivity (Wildman–Crippen MR) is 141 cm³/mol. The zero-order chi connectivity index (χ0) is 26.6. The normalized spacial score (nSPS) is 21.7. The molecule has 0 aromatic heterocycles. The molecule has 3 atom stereocenters. The van der Waals surface area contributed by atoms with Crippen LogP contribution >= 0.6 is 0 Å². The molecule has 2 unspecified atom stereocenters. The van der Waals surface area contributed by atoms with E-state index in [1.807, 2.05) is 54.6 Å². The van der Waals surface area contributed by atoms with Gasteiger partial charge in [-0.3, -0.25) is 24.5 Å². The second-order valence-corrected chi connectivity index (χ2v) is 9.27. The van der Waals surface area contributed by atoms with Gasteiger partial charge < -0.3 is 21.1 Å². The minimum Gasteiger partial charge on any atom is -0.480 e. The van der Waals surface area contributed by atoms with Crippen molar-refractivity contribution in [1.82, 2.24) is 21.3 Å². The Morgan fingerprint density at radius 3 is 2.32 bits per heavy atom. The Bertz CT molecular complexity index is 1060. The lowest BCUT2D eigenvalue weighted by molar-refractivity contribution is -0.140. The summed E-state index contributed by atoms with van der Waals surface area (Å²) in [5.74, 6) is -2.10. The van der Waals surface area contributed by atoms with E-state index in [1.54, 1.807) is 0 Å². The van der Waals surface area contributed by atoms with Gasteiger partial charge in [0.1, 0.15) is 12.1 Å². The van der Waals surface area contributed by atoms with Crippen LogP contribution < -0.4 is 21.3 Å². The first kappa shape index (κ1) is 27.9. The van der Waals surface area contributed by atoms with Crippen LogP contribution in [-0.2, 0) is 25.6 Å². The SMILES string of the molecule is CNC(=O)C1CCCCNC(=O)CC[C@H](C(=O)O)NC(CCc2ccc(-c3ccccc3)cc2)C(=O)N1. The average Bonchev–Trinajstić information content (AvgIpc) is 2.91. The van der Waals surface area contributed by atoms with Crippen LogP contribution in [0.4, 0.5) is 0 Å². The molecule has 1 heterocycles. The van der Waals surface area contributed by atoms with E-state index in [0.29, 0.717) is 38.6 Å². The van der Waals surface area contributed by atoms with Crippen molar-refractivity contribution < 1.29 is 24.3 Å². The van der Waals surface area contributed by atoms with E-state index in [-0.39, 0.29) is 24.7 Å². The van der Waals surface area contributed by atoms with Crippen molar-refractivity contribution in [2.75, 3.05) is 13.6 Å². The second-order valence-electron chi connectivity index (χ2n) is 9.27. The number of hydrogen-bond donors (Lipinski definition) is 5. The number of carboxylic acid groups (broad SMARTS) is 1. The van der Waals surface area contributed by atoms with Gasteiger partial charge in [-0.1, -0.05) is 54.6 Å². The van der Waals surface area contributed by atoms with Gasteiger partial charge in [0, 0.05) is 20.0 Å². The molecule has 0 aliphatic carbocycles. The molecule has 0 bridgehead atoms. The van der Waals surface area contributed by atoms with E-state index in [0.717, 1.165) is 16.7 Å². The number of carbonyl (C=O) groups is 4. The van der Waals surface area contributed by atoms with Crippen molar-refractivity contribution in [1.29, 1.82) is 0 Å². The van der Waals surface area contributed by atoms with Crippen molar-refractivity contribution in [3.63, 3.8) is 0 Å². The van der Waals surface area contributed by atoms with Gasteiger partial charge in [0.05, 0.1) is 6.04 Å². The van der Waals surface area contributed by atoms with Crippen LogP contribution in [0.1, 0.15) is 44.1 Å². The molecule has 9 heteroatoms. The number of nitrogens with one attached hydrogen (secondary N) is 4. The summed E-state index contributed by atoms with van der Waals surface area (Å²) >= 11 is 0. The summed E-state index contributed by atoms with van der Waals surface area (Å²) in [5, 5.41) is 20.9. The number of carboxylic acids is 1. The third-order valence-electron chi connectivity index (χ3n) is 6.58. The van der Waals surface area contributed by atoms with Crippen molar-refractivity contribution in [2.24, 2.45) is 0 Å². The minimum atomic E-state index is -1.13. The topological polar surface area (TPSA) is 137 Å². The Morgan fingerprint density at radius 1 is 0.946 bits per heavy atom. The first-order chi connectivity index (χ1) is 17.9. The molecule has 9 nitrogen and oxygen atoms in total. The van der Waals surface area contributed by atoms with Gasteiger partial charge in [0.15, 0.2) is 0 Å². The molecule has 3 amide bonds. The van der Waals surface area contributed by atoms with Gasteiger partial charge >= 0.3 is 5.97 Å². The molecule has 0 spiro atoms. The van der Waals surface area contributed by atoms with E-state index in [2.05, 4.69) is 21.3 Å². The van der Waals surface area contributed by atoms with E-state index < -0.39 is 30.0 Å². The number of rotatable bonds is 6. The summed E-state index contributed by atoms with van der Waals surface area (Å²) in [7, 11) is 1.51. The molecular weight excluding hydrogens is 472 g/mol. The Kier molecular flexibility index (Phi) is 10.6. The number of hydrogen-bond acceptors (Lipinski definition) is 5. The van der Waals surface area contributed by atoms with Crippen molar-refractivity contribution in [2.45, 2.75) is 63.1 Å². The molecule has 2 aromatic rings. The van der Waals surface area contributed by atoms with Crippen LogP contribution in [0.5, 0.6) is 0 Å². The van der Waals surface area contributed by atoms with Gasteiger partial charge in [0.2, 0.25) is 17.7 Å². The Balaban J connectivity index is 1.76. The van der Waals surface area contributed by atoms with E-state index in [1.165, 1.54) is 7.05 Å². The first-order valence-corrected chi connectivity index (χ1v) is 12.8. The van der Waals surface area contributed by atoms with E-state index in [4.69, 9.17) is 0 Å². The number of carbonyl (C=O) groups excluding carboxylic acids is 3. The third kappa shape index (κ3) is 8.71. The molecule has 0 saturated carbocycles. The lowest BCUT2D eigenvalue weighted by Crippen LogP contribution is -2.55. The Labute approximate surface area is 217 Å². The number of aliphatic carboxylic acids is 1. The summed E-state index contributed by atoms with van der Waals surface area (Å²) in [6.07, 6.45) is 2.65. The number of likely N-dealkylation sites (N-methyl/N-ethyl adjacent to an activating group) is 1. The predicted octanol–water partition coefficient (Wildman–Crippen LogP) is 2.01. The summed E-state index contributed by atoms with van der Waals surface area (Å²) in [6, 6.07) is 15.4. The molecule has 1 saturated heterocycles. The van der Waals surface area contributed by atoms with Gasteiger partial charge in [-0.15, -0.1) is 0 Å². The highest BCUT2D eigenvalue weighted by atomic mass is 16.4. The second kappa shape index (κ2) is 14.1. The van der Waals surface area contributed by atoms with Crippen molar-refractivity contribution >= 4 is 23.7 Å². The quantitative estimate of drug-likeness (QED) is 0.405.